The average molecular weight is 318 g/mol. The van der Waals surface area contributed by atoms with E-state index in [0.717, 1.165) is 11.0 Å². The Balaban J connectivity index is 2.66. The molecule has 1 rings (SSSR count). The van der Waals surface area contributed by atoms with Crippen molar-refractivity contribution in [3.63, 3.8) is 0 Å². The second-order valence-corrected chi connectivity index (χ2v) is 5.49. The highest BCUT2D eigenvalue weighted by atomic mass is 79.9. The van der Waals surface area contributed by atoms with E-state index < -0.39 is 0 Å². The third-order valence-corrected chi connectivity index (χ3v) is 3.09. The monoisotopic (exact) mass is 317 g/mol. The molecule has 0 saturated heterocycles. The van der Waals surface area contributed by atoms with Crippen LogP contribution in [0, 0.1) is 5.82 Å². The zero-order chi connectivity index (χ0) is 13.5. The quantitative estimate of drug-likeness (QED) is 0.830. The van der Waals surface area contributed by atoms with Crippen LogP contribution in [-0.2, 0) is 11.2 Å². The third-order valence-electron chi connectivity index (χ3n) is 2.60. The van der Waals surface area contributed by atoms with Crippen LogP contribution in [0.5, 0.6) is 0 Å². The van der Waals surface area contributed by atoms with E-state index in [1.165, 1.54) is 6.07 Å². The molecule has 1 atom stereocenters. The van der Waals surface area contributed by atoms with Crippen molar-refractivity contribution in [2.24, 2.45) is 0 Å². The summed E-state index contributed by atoms with van der Waals surface area (Å²) in [5.74, 6) is -0.161. The first-order valence-corrected chi connectivity index (χ1v) is 7.11. The van der Waals surface area contributed by atoms with Gasteiger partial charge in [0.1, 0.15) is 5.82 Å². The van der Waals surface area contributed by atoms with E-state index in [2.05, 4.69) is 21.2 Å². The summed E-state index contributed by atoms with van der Waals surface area (Å²) in [7, 11) is 0. The average Bonchev–Trinajstić information content (AvgIpc) is 2.31. The Hall–Kier alpha value is -0.450. The summed E-state index contributed by atoms with van der Waals surface area (Å²) < 4.78 is 20.2. The molecule has 1 unspecified atom stereocenters. The maximum absolute atomic E-state index is 13.7. The Morgan fingerprint density at radius 1 is 1.39 bits per heavy atom. The number of likely N-dealkylation sites (N-methyl/N-ethyl adjacent to an activating group) is 1. The largest absolute Gasteiger partial charge is 0.377 e. The topological polar surface area (TPSA) is 21.3 Å². The molecule has 1 N–H and O–H groups in total. The molecule has 102 valence electrons. The number of nitrogens with one attached hydrogen (secondary N) is 1. The van der Waals surface area contributed by atoms with Crippen molar-refractivity contribution < 1.29 is 9.13 Å². The van der Waals surface area contributed by atoms with Crippen molar-refractivity contribution in [1.82, 2.24) is 5.32 Å². The molecule has 0 aliphatic heterocycles. The van der Waals surface area contributed by atoms with Crippen molar-refractivity contribution in [3.8, 4) is 0 Å². The standard InChI is InChI=1S/C14H21BrFNO/c1-4-17-13(9-18-10(2)3)8-11-7-12(15)5-6-14(11)16/h5-7,10,13,17H,4,8-9H2,1-3H3. The maximum atomic E-state index is 13.7. The first-order chi connectivity index (χ1) is 8.52. The number of hydrogen-bond donors (Lipinski definition) is 1. The van der Waals surface area contributed by atoms with Crippen LogP contribution < -0.4 is 5.32 Å². The van der Waals surface area contributed by atoms with Crippen LogP contribution >= 0.6 is 15.9 Å². The van der Waals surface area contributed by atoms with E-state index in [-0.39, 0.29) is 18.0 Å². The fraction of sp³-hybridized carbons (Fsp3) is 0.571. The van der Waals surface area contributed by atoms with E-state index in [4.69, 9.17) is 4.74 Å². The van der Waals surface area contributed by atoms with Gasteiger partial charge in [-0.2, -0.15) is 0 Å². The molecule has 1 aromatic rings. The van der Waals surface area contributed by atoms with Gasteiger partial charge in [0.25, 0.3) is 0 Å². The van der Waals surface area contributed by atoms with Gasteiger partial charge in [-0.15, -0.1) is 0 Å². The molecule has 18 heavy (non-hydrogen) atoms. The highest BCUT2D eigenvalue weighted by Crippen LogP contribution is 2.17. The molecular weight excluding hydrogens is 297 g/mol. The molecule has 0 aliphatic rings. The minimum atomic E-state index is -0.161. The summed E-state index contributed by atoms with van der Waals surface area (Å²) in [6.45, 7) is 7.49. The van der Waals surface area contributed by atoms with E-state index in [1.807, 2.05) is 26.8 Å². The van der Waals surface area contributed by atoms with Gasteiger partial charge in [-0.25, -0.2) is 4.39 Å². The zero-order valence-corrected chi connectivity index (χ0v) is 12.8. The predicted molar refractivity (Wildman–Crippen MR) is 76.4 cm³/mol. The Bertz CT molecular complexity index is 371. The van der Waals surface area contributed by atoms with Gasteiger partial charge in [0, 0.05) is 10.5 Å². The molecule has 4 heteroatoms. The van der Waals surface area contributed by atoms with Crippen molar-refractivity contribution in [2.45, 2.75) is 39.3 Å². The van der Waals surface area contributed by atoms with Gasteiger partial charge >= 0.3 is 0 Å². The molecule has 2 nitrogen and oxygen atoms in total. The second-order valence-electron chi connectivity index (χ2n) is 4.58. The van der Waals surface area contributed by atoms with E-state index in [0.29, 0.717) is 18.6 Å². The van der Waals surface area contributed by atoms with Gasteiger partial charge in [-0.3, -0.25) is 0 Å². The molecule has 0 aliphatic carbocycles. The lowest BCUT2D eigenvalue weighted by molar-refractivity contribution is 0.0614. The lowest BCUT2D eigenvalue weighted by Crippen LogP contribution is -2.36. The van der Waals surface area contributed by atoms with Crippen LogP contribution in [-0.4, -0.2) is 25.3 Å². The van der Waals surface area contributed by atoms with Gasteiger partial charge in [0.2, 0.25) is 0 Å². The van der Waals surface area contributed by atoms with Gasteiger partial charge in [-0.1, -0.05) is 22.9 Å². The van der Waals surface area contributed by atoms with Crippen LogP contribution in [0.4, 0.5) is 4.39 Å². The first-order valence-electron chi connectivity index (χ1n) is 6.31. The molecule has 1 aromatic carbocycles. The van der Waals surface area contributed by atoms with Gasteiger partial charge in [0.15, 0.2) is 0 Å². The summed E-state index contributed by atoms with van der Waals surface area (Å²) in [6, 6.07) is 5.17. The normalized spacial score (nSPS) is 13.0. The Morgan fingerprint density at radius 2 is 2.11 bits per heavy atom. The summed E-state index contributed by atoms with van der Waals surface area (Å²) in [5, 5.41) is 3.33. The van der Waals surface area contributed by atoms with E-state index in [9.17, 15) is 4.39 Å². The molecular formula is C14H21BrFNO. The summed E-state index contributed by atoms with van der Waals surface area (Å²) in [5.41, 5.74) is 0.711. The first kappa shape index (κ1) is 15.6. The van der Waals surface area contributed by atoms with Crippen LogP contribution in [0.1, 0.15) is 26.3 Å². The molecule has 0 saturated carbocycles. The van der Waals surface area contributed by atoms with Crippen LogP contribution in [0.25, 0.3) is 0 Å². The Labute approximate surface area is 117 Å². The predicted octanol–water partition coefficient (Wildman–Crippen LogP) is 3.53. The minimum Gasteiger partial charge on any atom is -0.377 e. The third kappa shape index (κ3) is 5.46. The van der Waals surface area contributed by atoms with Crippen molar-refractivity contribution >= 4 is 15.9 Å². The Kier molecular flexibility index (Phi) is 6.82. The van der Waals surface area contributed by atoms with E-state index in [1.54, 1.807) is 6.07 Å². The molecule has 0 aromatic heterocycles. The Morgan fingerprint density at radius 3 is 2.72 bits per heavy atom. The molecule has 0 radical (unpaired) electrons. The van der Waals surface area contributed by atoms with Crippen molar-refractivity contribution in [2.75, 3.05) is 13.2 Å². The molecule has 0 bridgehead atoms. The van der Waals surface area contributed by atoms with Crippen molar-refractivity contribution in [1.29, 1.82) is 0 Å². The summed E-state index contributed by atoms with van der Waals surface area (Å²) >= 11 is 3.37. The maximum Gasteiger partial charge on any atom is 0.126 e. The van der Waals surface area contributed by atoms with Crippen LogP contribution in [0.15, 0.2) is 22.7 Å². The minimum absolute atomic E-state index is 0.140. The van der Waals surface area contributed by atoms with Crippen LogP contribution in [0.2, 0.25) is 0 Å². The van der Waals surface area contributed by atoms with Crippen LogP contribution in [0.3, 0.4) is 0 Å². The number of hydrogen-bond acceptors (Lipinski definition) is 2. The highest BCUT2D eigenvalue weighted by Gasteiger charge is 2.13. The zero-order valence-electron chi connectivity index (χ0n) is 11.2. The number of halogens is 2. The summed E-state index contributed by atoms with van der Waals surface area (Å²) in [6.07, 6.45) is 0.824. The van der Waals surface area contributed by atoms with Gasteiger partial charge in [-0.05, 0) is 50.6 Å². The van der Waals surface area contributed by atoms with E-state index >= 15 is 0 Å². The number of rotatable bonds is 7. The number of ether oxygens (including phenoxy) is 1. The fourth-order valence-corrected chi connectivity index (χ4v) is 2.16. The lowest BCUT2D eigenvalue weighted by atomic mass is 10.1. The lowest BCUT2D eigenvalue weighted by Gasteiger charge is -2.20. The fourth-order valence-electron chi connectivity index (χ4n) is 1.75. The highest BCUT2D eigenvalue weighted by molar-refractivity contribution is 9.10. The van der Waals surface area contributed by atoms with Gasteiger partial charge in [0.05, 0.1) is 12.7 Å². The second kappa shape index (κ2) is 7.87. The molecule has 0 amide bonds. The smallest absolute Gasteiger partial charge is 0.126 e. The number of benzene rings is 1. The summed E-state index contributed by atoms with van der Waals surface area (Å²) in [4.78, 5) is 0. The molecule has 0 spiro atoms. The van der Waals surface area contributed by atoms with Gasteiger partial charge < -0.3 is 10.1 Å². The molecule has 0 fully saturated rings. The molecule has 0 heterocycles. The SMILES string of the molecule is CCNC(COC(C)C)Cc1cc(Br)ccc1F. The van der Waals surface area contributed by atoms with Crippen molar-refractivity contribution in [3.05, 3.63) is 34.1 Å².